The standard InChI is InChI=1S/C11H12N2O5/c14-4-6-18-10-8(2-5-17-10)7-13-3-1-9(15)12-11(13)16/h1-3,5,14H,4,6-7H2,(H,12,15,16). The van der Waals surface area contributed by atoms with Crippen molar-refractivity contribution in [3.8, 4) is 5.95 Å². The Bertz CT molecular complexity index is 625. The van der Waals surface area contributed by atoms with E-state index >= 15 is 0 Å². The van der Waals surface area contributed by atoms with Crippen molar-refractivity contribution in [3.63, 3.8) is 0 Å². The Hall–Kier alpha value is -2.28. The average molecular weight is 252 g/mol. The van der Waals surface area contributed by atoms with Crippen LogP contribution in [0.15, 0.2) is 38.6 Å². The molecule has 7 heteroatoms. The van der Waals surface area contributed by atoms with Gasteiger partial charge in [-0.15, -0.1) is 0 Å². The van der Waals surface area contributed by atoms with Crippen LogP contribution in [0.25, 0.3) is 0 Å². The van der Waals surface area contributed by atoms with E-state index in [1.165, 1.54) is 23.1 Å². The fraction of sp³-hybridized carbons (Fsp3) is 0.273. The second-order valence-corrected chi connectivity index (χ2v) is 3.54. The van der Waals surface area contributed by atoms with E-state index in [2.05, 4.69) is 4.98 Å². The van der Waals surface area contributed by atoms with Crippen molar-refractivity contribution in [1.29, 1.82) is 0 Å². The highest BCUT2D eigenvalue weighted by Gasteiger charge is 2.09. The molecule has 0 atom stereocenters. The third kappa shape index (κ3) is 2.69. The van der Waals surface area contributed by atoms with Gasteiger partial charge in [0.25, 0.3) is 11.5 Å². The van der Waals surface area contributed by atoms with Crippen molar-refractivity contribution in [2.24, 2.45) is 0 Å². The van der Waals surface area contributed by atoms with Gasteiger partial charge >= 0.3 is 5.69 Å². The van der Waals surface area contributed by atoms with Crippen LogP contribution in [0.5, 0.6) is 5.95 Å². The van der Waals surface area contributed by atoms with Gasteiger partial charge in [0.05, 0.1) is 25.0 Å². The number of rotatable bonds is 5. The zero-order chi connectivity index (χ0) is 13.0. The predicted octanol–water partition coefficient (Wildman–Crippen LogP) is -0.451. The van der Waals surface area contributed by atoms with Crippen molar-refractivity contribution in [2.75, 3.05) is 13.2 Å². The molecule has 2 rings (SSSR count). The van der Waals surface area contributed by atoms with E-state index in [0.29, 0.717) is 5.56 Å². The smallest absolute Gasteiger partial charge is 0.328 e. The first-order valence-electron chi connectivity index (χ1n) is 5.30. The number of aliphatic hydroxyl groups is 1. The van der Waals surface area contributed by atoms with Gasteiger partial charge in [0.15, 0.2) is 0 Å². The van der Waals surface area contributed by atoms with Crippen LogP contribution in [0.4, 0.5) is 0 Å². The van der Waals surface area contributed by atoms with E-state index in [4.69, 9.17) is 14.3 Å². The molecule has 0 aliphatic carbocycles. The first-order chi connectivity index (χ1) is 8.70. The molecule has 2 aromatic rings. The zero-order valence-corrected chi connectivity index (χ0v) is 9.46. The Morgan fingerprint density at radius 3 is 2.94 bits per heavy atom. The lowest BCUT2D eigenvalue weighted by atomic mass is 10.3. The minimum absolute atomic E-state index is 0.112. The SMILES string of the molecule is O=c1ccn(Cc2ccoc2OCCO)c(=O)[nH]1. The molecule has 7 nitrogen and oxygen atoms in total. The highest BCUT2D eigenvalue weighted by molar-refractivity contribution is 5.22. The lowest BCUT2D eigenvalue weighted by Gasteiger charge is -2.05. The number of aromatic nitrogens is 2. The summed E-state index contributed by atoms with van der Waals surface area (Å²) in [5.74, 6) is 0.252. The summed E-state index contributed by atoms with van der Waals surface area (Å²) in [5.41, 5.74) is -0.297. The van der Waals surface area contributed by atoms with Crippen LogP contribution in [0.2, 0.25) is 0 Å². The fourth-order valence-electron chi connectivity index (χ4n) is 1.46. The summed E-state index contributed by atoms with van der Waals surface area (Å²) in [6.07, 6.45) is 2.82. The van der Waals surface area contributed by atoms with Gasteiger partial charge in [0, 0.05) is 12.3 Å². The number of H-pyrrole nitrogens is 1. The van der Waals surface area contributed by atoms with Crippen molar-refractivity contribution < 1.29 is 14.3 Å². The molecule has 0 amide bonds. The highest BCUT2D eigenvalue weighted by atomic mass is 16.6. The summed E-state index contributed by atoms with van der Waals surface area (Å²) in [5, 5.41) is 8.66. The van der Waals surface area contributed by atoms with E-state index in [0.717, 1.165) is 0 Å². The number of hydrogen-bond donors (Lipinski definition) is 2. The van der Waals surface area contributed by atoms with Gasteiger partial charge < -0.3 is 14.3 Å². The molecule has 0 aliphatic rings. The quantitative estimate of drug-likeness (QED) is 0.751. The maximum atomic E-state index is 11.5. The predicted molar refractivity (Wildman–Crippen MR) is 61.7 cm³/mol. The van der Waals surface area contributed by atoms with E-state index in [1.807, 2.05) is 0 Å². The first kappa shape index (κ1) is 12.2. The molecule has 2 aromatic heterocycles. The molecule has 18 heavy (non-hydrogen) atoms. The van der Waals surface area contributed by atoms with Gasteiger partial charge in [-0.05, 0) is 6.07 Å². The number of hydrogen-bond acceptors (Lipinski definition) is 5. The molecule has 0 radical (unpaired) electrons. The summed E-state index contributed by atoms with van der Waals surface area (Å²) in [7, 11) is 0. The van der Waals surface area contributed by atoms with Gasteiger partial charge in [-0.3, -0.25) is 14.3 Å². The van der Waals surface area contributed by atoms with Gasteiger partial charge in [-0.25, -0.2) is 4.79 Å². The minimum Gasteiger partial charge on any atom is -0.462 e. The molecule has 0 fully saturated rings. The molecule has 0 saturated heterocycles. The van der Waals surface area contributed by atoms with Gasteiger partial charge in [-0.1, -0.05) is 0 Å². The molecule has 0 aliphatic heterocycles. The number of nitrogens with one attached hydrogen (secondary N) is 1. The molecule has 0 unspecified atom stereocenters. The lowest BCUT2D eigenvalue weighted by molar-refractivity contribution is 0.170. The number of aromatic amines is 1. The largest absolute Gasteiger partial charge is 0.462 e. The molecule has 2 heterocycles. The van der Waals surface area contributed by atoms with Crippen LogP contribution in [0, 0.1) is 0 Å². The number of furan rings is 1. The molecular weight excluding hydrogens is 240 g/mol. The van der Waals surface area contributed by atoms with E-state index in [-0.39, 0.29) is 25.7 Å². The van der Waals surface area contributed by atoms with Crippen LogP contribution >= 0.6 is 0 Å². The molecule has 0 bridgehead atoms. The second-order valence-electron chi connectivity index (χ2n) is 3.54. The lowest BCUT2D eigenvalue weighted by Crippen LogP contribution is -2.28. The van der Waals surface area contributed by atoms with Crippen molar-refractivity contribution in [2.45, 2.75) is 6.54 Å². The van der Waals surface area contributed by atoms with Crippen LogP contribution in [0.3, 0.4) is 0 Å². The van der Waals surface area contributed by atoms with Gasteiger partial charge in [-0.2, -0.15) is 0 Å². The van der Waals surface area contributed by atoms with Crippen LogP contribution in [-0.2, 0) is 6.54 Å². The van der Waals surface area contributed by atoms with E-state index in [9.17, 15) is 9.59 Å². The molecule has 0 spiro atoms. The first-order valence-corrected chi connectivity index (χ1v) is 5.30. The van der Waals surface area contributed by atoms with E-state index in [1.54, 1.807) is 6.07 Å². The van der Waals surface area contributed by atoms with Gasteiger partial charge in [0.1, 0.15) is 6.61 Å². The zero-order valence-electron chi connectivity index (χ0n) is 9.46. The summed E-state index contributed by atoms with van der Waals surface area (Å²) in [4.78, 5) is 24.6. The maximum Gasteiger partial charge on any atom is 0.328 e. The summed E-state index contributed by atoms with van der Waals surface area (Å²) in [6, 6.07) is 2.92. The Balaban J connectivity index is 2.21. The van der Waals surface area contributed by atoms with Crippen LogP contribution in [-0.4, -0.2) is 27.9 Å². The Kier molecular flexibility index (Phi) is 3.63. The second kappa shape index (κ2) is 5.37. The minimum atomic E-state index is -0.503. The number of nitrogens with zero attached hydrogens (tertiary/aromatic N) is 1. The Labute approximate surface area is 101 Å². The molecule has 96 valence electrons. The maximum absolute atomic E-state index is 11.5. The Morgan fingerprint density at radius 2 is 2.22 bits per heavy atom. The average Bonchev–Trinajstić information content (AvgIpc) is 2.77. The number of ether oxygens (including phenoxy) is 1. The van der Waals surface area contributed by atoms with Crippen LogP contribution in [0.1, 0.15) is 5.56 Å². The van der Waals surface area contributed by atoms with Crippen LogP contribution < -0.4 is 16.0 Å². The molecule has 0 aromatic carbocycles. The third-order valence-corrected chi connectivity index (χ3v) is 2.27. The van der Waals surface area contributed by atoms with Crippen molar-refractivity contribution >= 4 is 0 Å². The van der Waals surface area contributed by atoms with E-state index < -0.39 is 11.2 Å². The molecule has 2 N–H and O–H groups in total. The number of aliphatic hydroxyl groups excluding tert-OH is 1. The van der Waals surface area contributed by atoms with Crippen molar-refractivity contribution in [1.82, 2.24) is 9.55 Å². The summed E-state index contributed by atoms with van der Waals surface area (Å²) >= 11 is 0. The van der Waals surface area contributed by atoms with Crippen molar-refractivity contribution in [3.05, 3.63) is 51.0 Å². The fourth-order valence-corrected chi connectivity index (χ4v) is 1.46. The highest BCUT2D eigenvalue weighted by Crippen LogP contribution is 2.20. The summed E-state index contributed by atoms with van der Waals surface area (Å²) < 4.78 is 11.6. The topological polar surface area (TPSA) is 97.5 Å². The summed E-state index contributed by atoms with van der Waals surface area (Å²) in [6.45, 7) is 0.201. The molecular formula is C11H12N2O5. The molecule has 0 saturated carbocycles. The third-order valence-electron chi connectivity index (χ3n) is 2.27. The Morgan fingerprint density at radius 1 is 1.39 bits per heavy atom. The monoisotopic (exact) mass is 252 g/mol. The normalized spacial score (nSPS) is 10.5. The van der Waals surface area contributed by atoms with Gasteiger partial charge in [0.2, 0.25) is 0 Å².